The molecule has 2 amide bonds. The van der Waals surface area contributed by atoms with Crippen molar-refractivity contribution in [1.82, 2.24) is 15.1 Å². The number of nitrogens with zero attached hydrogens (tertiary/aromatic N) is 2. The minimum atomic E-state index is -0.807. The van der Waals surface area contributed by atoms with Gasteiger partial charge in [0.2, 0.25) is 0 Å². The van der Waals surface area contributed by atoms with Crippen LogP contribution in [0.25, 0.3) is 0 Å². The van der Waals surface area contributed by atoms with Gasteiger partial charge < -0.3 is 20.2 Å². The first-order chi connectivity index (χ1) is 9.47. The van der Waals surface area contributed by atoms with Crippen LogP contribution in [0, 0.1) is 11.8 Å². The summed E-state index contributed by atoms with van der Waals surface area (Å²) >= 11 is 0. The molecule has 0 saturated carbocycles. The van der Waals surface area contributed by atoms with Crippen LogP contribution in [0.15, 0.2) is 0 Å². The normalized spacial score (nSPS) is 28.6. The summed E-state index contributed by atoms with van der Waals surface area (Å²) in [6.07, 6.45) is 2.48. The van der Waals surface area contributed by atoms with Gasteiger partial charge in [0.1, 0.15) is 0 Å². The molecule has 0 aromatic rings. The summed E-state index contributed by atoms with van der Waals surface area (Å²) in [7, 11) is 0. The highest BCUT2D eigenvalue weighted by Crippen LogP contribution is 2.23. The predicted octanol–water partition coefficient (Wildman–Crippen LogP) is 0.833. The number of rotatable bonds is 4. The van der Waals surface area contributed by atoms with Crippen molar-refractivity contribution in [3.63, 3.8) is 0 Å². The third-order valence-electron chi connectivity index (χ3n) is 4.32. The zero-order chi connectivity index (χ0) is 14.7. The Hall–Kier alpha value is -1.30. The lowest BCUT2D eigenvalue weighted by atomic mass is 9.99. The van der Waals surface area contributed by atoms with Gasteiger partial charge in [-0.25, -0.2) is 4.79 Å². The van der Waals surface area contributed by atoms with E-state index in [2.05, 4.69) is 10.2 Å². The molecule has 2 saturated heterocycles. The molecular formula is C14H25N3O3. The summed E-state index contributed by atoms with van der Waals surface area (Å²) in [4.78, 5) is 27.2. The molecule has 2 N–H and O–H groups in total. The lowest BCUT2D eigenvalue weighted by Crippen LogP contribution is -2.47. The van der Waals surface area contributed by atoms with Crippen LogP contribution in [0.5, 0.6) is 0 Å². The van der Waals surface area contributed by atoms with Gasteiger partial charge >= 0.3 is 12.0 Å². The number of carbonyl (C=O) groups is 2. The van der Waals surface area contributed by atoms with Crippen molar-refractivity contribution in [1.29, 1.82) is 0 Å². The Morgan fingerprint density at radius 1 is 1.30 bits per heavy atom. The number of carbonyl (C=O) groups excluding carboxylic acids is 1. The van der Waals surface area contributed by atoms with E-state index in [4.69, 9.17) is 5.11 Å². The van der Waals surface area contributed by atoms with E-state index in [1.165, 1.54) is 12.8 Å². The van der Waals surface area contributed by atoms with Crippen molar-refractivity contribution < 1.29 is 14.7 Å². The number of hydrogen-bond acceptors (Lipinski definition) is 3. The molecule has 2 rings (SSSR count). The van der Waals surface area contributed by atoms with Gasteiger partial charge in [-0.2, -0.15) is 0 Å². The first-order valence-electron chi connectivity index (χ1n) is 7.48. The number of aliphatic carboxylic acids is 1. The zero-order valence-electron chi connectivity index (χ0n) is 12.3. The topological polar surface area (TPSA) is 72.9 Å². The molecule has 114 valence electrons. The Morgan fingerprint density at radius 3 is 2.50 bits per heavy atom. The number of likely N-dealkylation sites (tertiary alicyclic amines) is 2. The SMILES string of the molecule is CC(CN1CCCC1)NC(=O)N1C[C@@H](C)[C@H](C(=O)O)C1. The van der Waals surface area contributed by atoms with Gasteiger partial charge in [0, 0.05) is 25.7 Å². The third-order valence-corrected chi connectivity index (χ3v) is 4.32. The van der Waals surface area contributed by atoms with E-state index in [0.29, 0.717) is 13.1 Å². The fraction of sp³-hybridized carbons (Fsp3) is 0.857. The van der Waals surface area contributed by atoms with Crippen LogP contribution in [-0.4, -0.2) is 65.7 Å². The largest absolute Gasteiger partial charge is 0.481 e. The maximum absolute atomic E-state index is 12.1. The molecule has 2 aliphatic heterocycles. The van der Waals surface area contributed by atoms with E-state index in [1.54, 1.807) is 4.90 Å². The van der Waals surface area contributed by atoms with Gasteiger partial charge in [0.25, 0.3) is 0 Å². The fourth-order valence-corrected chi connectivity index (χ4v) is 3.15. The van der Waals surface area contributed by atoms with E-state index < -0.39 is 11.9 Å². The molecule has 0 bridgehead atoms. The Labute approximate surface area is 120 Å². The monoisotopic (exact) mass is 283 g/mol. The van der Waals surface area contributed by atoms with Crippen molar-refractivity contribution >= 4 is 12.0 Å². The number of nitrogens with one attached hydrogen (secondary N) is 1. The first kappa shape index (κ1) is 15.1. The van der Waals surface area contributed by atoms with Crippen LogP contribution in [-0.2, 0) is 4.79 Å². The van der Waals surface area contributed by atoms with E-state index >= 15 is 0 Å². The number of amides is 2. The Balaban J connectivity index is 1.78. The van der Waals surface area contributed by atoms with E-state index in [1.807, 2.05) is 13.8 Å². The number of urea groups is 1. The Morgan fingerprint density at radius 2 is 1.95 bits per heavy atom. The van der Waals surface area contributed by atoms with Crippen molar-refractivity contribution in [3.05, 3.63) is 0 Å². The summed E-state index contributed by atoms with van der Waals surface area (Å²) in [5.41, 5.74) is 0. The highest BCUT2D eigenvalue weighted by Gasteiger charge is 2.37. The second-order valence-corrected chi connectivity index (χ2v) is 6.19. The molecule has 0 radical (unpaired) electrons. The van der Waals surface area contributed by atoms with Gasteiger partial charge in [-0.1, -0.05) is 6.92 Å². The van der Waals surface area contributed by atoms with Crippen LogP contribution in [0.4, 0.5) is 4.79 Å². The second kappa shape index (κ2) is 6.43. The molecule has 0 aromatic carbocycles. The maximum atomic E-state index is 12.1. The molecule has 0 aromatic heterocycles. The Bertz CT molecular complexity index is 369. The van der Waals surface area contributed by atoms with Crippen LogP contribution in [0.3, 0.4) is 0 Å². The van der Waals surface area contributed by atoms with Crippen LogP contribution >= 0.6 is 0 Å². The highest BCUT2D eigenvalue weighted by atomic mass is 16.4. The molecule has 6 heteroatoms. The van der Waals surface area contributed by atoms with Crippen LogP contribution in [0.2, 0.25) is 0 Å². The van der Waals surface area contributed by atoms with Crippen LogP contribution < -0.4 is 5.32 Å². The molecule has 2 heterocycles. The molecule has 6 nitrogen and oxygen atoms in total. The average molecular weight is 283 g/mol. The quantitative estimate of drug-likeness (QED) is 0.801. The predicted molar refractivity (Wildman–Crippen MR) is 75.5 cm³/mol. The molecule has 1 unspecified atom stereocenters. The summed E-state index contributed by atoms with van der Waals surface area (Å²) in [5.74, 6) is -1.22. The summed E-state index contributed by atoms with van der Waals surface area (Å²) in [6.45, 7) is 7.84. The highest BCUT2D eigenvalue weighted by molar-refractivity contribution is 5.77. The zero-order valence-corrected chi connectivity index (χ0v) is 12.3. The molecule has 20 heavy (non-hydrogen) atoms. The van der Waals surface area contributed by atoms with E-state index in [0.717, 1.165) is 19.6 Å². The number of hydrogen-bond donors (Lipinski definition) is 2. The van der Waals surface area contributed by atoms with Gasteiger partial charge in [-0.15, -0.1) is 0 Å². The minimum Gasteiger partial charge on any atom is -0.481 e. The van der Waals surface area contributed by atoms with Gasteiger partial charge in [-0.05, 0) is 38.8 Å². The molecule has 0 aliphatic carbocycles. The van der Waals surface area contributed by atoms with Crippen molar-refractivity contribution in [2.24, 2.45) is 11.8 Å². The van der Waals surface area contributed by atoms with Gasteiger partial charge in [0.15, 0.2) is 0 Å². The van der Waals surface area contributed by atoms with Crippen LogP contribution in [0.1, 0.15) is 26.7 Å². The van der Waals surface area contributed by atoms with Crippen molar-refractivity contribution in [3.8, 4) is 0 Å². The molecule has 2 fully saturated rings. The lowest BCUT2D eigenvalue weighted by Gasteiger charge is -2.24. The molecule has 0 spiro atoms. The second-order valence-electron chi connectivity index (χ2n) is 6.19. The summed E-state index contributed by atoms with van der Waals surface area (Å²) < 4.78 is 0. The fourth-order valence-electron chi connectivity index (χ4n) is 3.15. The lowest BCUT2D eigenvalue weighted by molar-refractivity contribution is -0.142. The molecular weight excluding hydrogens is 258 g/mol. The molecule has 3 atom stereocenters. The van der Waals surface area contributed by atoms with E-state index in [9.17, 15) is 9.59 Å². The Kier molecular flexibility index (Phi) is 4.86. The van der Waals surface area contributed by atoms with E-state index in [-0.39, 0.29) is 18.0 Å². The summed E-state index contributed by atoms with van der Waals surface area (Å²) in [6, 6.07) is -0.0351. The standard InChI is InChI=1S/C14H25N3O3/c1-10-7-17(9-12(10)13(18)19)14(20)15-11(2)8-16-5-3-4-6-16/h10-12H,3-9H2,1-2H3,(H,15,20)(H,18,19)/t10-,11?,12-/m1/s1. The maximum Gasteiger partial charge on any atom is 0.317 e. The molecule has 2 aliphatic rings. The number of carboxylic acid groups (broad SMARTS) is 1. The van der Waals surface area contributed by atoms with Gasteiger partial charge in [0.05, 0.1) is 5.92 Å². The minimum absolute atomic E-state index is 0.0205. The summed E-state index contributed by atoms with van der Waals surface area (Å²) in [5, 5.41) is 12.1. The third kappa shape index (κ3) is 3.62. The van der Waals surface area contributed by atoms with Gasteiger partial charge in [-0.3, -0.25) is 4.79 Å². The average Bonchev–Trinajstić information content (AvgIpc) is 2.98. The number of carboxylic acids is 1. The van der Waals surface area contributed by atoms with Crippen molar-refractivity contribution in [2.75, 3.05) is 32.7 Å². The first-order valence-corrected chi connectivity index (χ1v) is 7.48. The smallest absolute Gasteiger partial charge is 0.317 e. The van der Waals surface area contributed by atoms with Crippen molar-refractivity contribution in [2.45, 2.75) is 32.7 Å².